The van der Waals surface area contributed by atoms with Crippen molar-refractivity contribution in [1.82, 2.24) is 14.5 Å². The van der Waals surface area contributed by atoms with Crippen LogP contribution in [-0.2, 0) is 0 Å². The highest BCUT2D eigenvalue weighted by Crippen LogP contribution is 2.24. The van der Waals surface area contributed by atoms with Crippen molar-refractivity contribution in [3.05, 3.63) is 47.2 Å². The standard InChI is InChI=1S/C16H18N4OS/c1-11-7-12(2)9-14(8-11)13-3-5-20(6-4-13)16(21)18-15-10-17-19-22-15/h3,7-10H,4-6H2,1-2H3,(H,18,21). The number of carbonyl (C=O) groups is 1. The molecular weight excluding hydrogens is 296 g/mol. The fourth-order valence-corrected chi connectivity index (χ4v) is 3.09. The van der Waals surface area contributed by atoms with E-state index in [1.165, 1.54) is 33.8 Å². The third kappa shape index (κ3) is 3.33. The number of rotatable bonds is 2. The maximum Gasteiger partial charge on any atom is 0.322 e. The van der Waals surface area contributed by atoms with Gasteiger partial charge in [0, 0.05) is 24.6 Å². The molecule has 1 N–H and O–H groups in total. The van der Waals surface area contributed by atoms with Crippen LogP contribution in [-0.4, -0.2) is 33.6 Å². The molecule has 0 spiro atoms. The molecule has 114 valence electrons. The van der Waals surface area contributed by atoms with Crippen LogP contribution >= 0.6 is 11.5 Å². The third-order valence-corrected chi connectivity index (χ3v) is 4.26. The largest absolute Gasteiger partial charge is 0.322 e. The Hall–Kier alpha value is -2.21. The van der Waals surface area contributed by atoms with Gasteiger partial charge < -0.3 is 4.90 Å². The molecule has 2 amide bonds. The minimum absolute atomic E-state index is 0.0956. The normalized spacial score (nSPS) is 14.6. The van der Waals surface area contributed by atoms with Crippen molar-refractivity contribution >= 4 is 28.1 Å². The van der Waals surface area contributed by atoms with E-state index in [1.54, 1.807) is 11.1 Å². The van der Waals surface area contributed by atoms with Gasteiger partial charge >= 0.3 is 6.03 Å². The smallest absolute Gasteiger partial charge is 0.320 e. The zero-order valence-electron chi connectivity index (χ0n) is 12.7. The van der Waals surface area contributed by atoms with E-state index in [2.05, 4.69) is 53.0 Å². The SMILES string of the molecule is Cc1cc(C)cc(C2=CCN(C(=O)Nc3cnns3)CC2)c1. The number of amides is 2. The predicted molar refractivity (Wildman–Crippen MR) is 89.0 cm³/mol. The van der Waals surface area contributed by atoms with Crippen molar-refractivity contribution in [2.45, 2.75) is 20.3 Å². The monoisotopic (exact) mass is 314 g/mol. The molecule has 0 radical (unpaired) electrons. The van der Waals surface area contributed by atoms with Gasteiger partial charge in [-0.15, -0.1) is 5.10 Å². The van der Waals surface area contributed by atoms with E-state index in [9.17, 15) is 4.79 Å². The number of benzene rings is 1. The minimum Gasteiger partial charge on any atom is -0.320 e. The topological polar surface area (TPSA) is 58.1 Å². The van der Waals surface area contributed by atoms with Gasteiger partial charge in [0.05, 0.1) is 6.20 Å². The van der Waals surface area contributed by atoms with Crippen molar-refractivity contribution in [3.63, 3.8) is 0 Å². The number of aromatic nitrogens is 2. The molecule has 0 saturated carbocycles. The van der Waals surface area contributed by atoms with Crippen molar-refractivity contribution < 1.29 is 4.79 Å². The summed E-state index contributed by atoms with van der Waals surface area (Å²) in [6.45, 7) is 5.57. The van der Waals surface area contributed by atoms with Crippen molar-refractivity contribution in [3.8, 4) is 0 Å². The number of nitrogens with zero attached hydrogens (tertiary/aromatic N) is 3. The summed E-state index contributed by atoms with van der Waals surface area (Å²) in [5.41, 5.74) is 5.13. The quantitative estimate of drug-likeness (QED) is 0.923. The first-order valence-electron chi connectivity index (χ1n) is 7.23. The second kappa shape index (κ2) is 6.27. The summed E-state index contributed by atoms with van der Waals surface area (Å²) in [7, 11) is 0. The van der Waals surface area contributed by atoms with Crippen LogP contribution in [0.2, 0.25) is 0 Å². The van der Waals surface area contributed by atoms with E-state index in [1.807, 2.05) is 0 Å². The van der Waals surface area contributed by atoms with Crippen molar-refractivity contribution in [2.75, 3.05) is 18.4 Å². The van der Waals surface area contributed by atoms with Crippen LogP contribution in [0.5, 0.6) is 0 Å². The number of hydrogen-bond acceptors (Lipinski definition) is 4. The summed E-state index contributed by atoms with van der Waals surface area (Å²) >= 11 is 1.18. The van der Waals surface area contributed by atoms with E-state index < -0.39 is 0 Å². The molecule has 3 rings (SSSR count). The van der Waals surface area contributed by atoms with Crippen LogP contribution in [0, 0.1) is 13.8 Å². The van der Waals surface area contributed by atoms with Gasteiger partial charge in [0.25, 0.3) is 0 Å². The molecule has 6 heteroatoms. The van der Waals surface area contributed by atoms with Crippen molar-refractivity contribution in [2.24, 2.45) is 0 Å². The molecule has 2 aromatic rings. The van der Waals surface area contributed by atoms with Gasteiger partial charge in [0.15, 0.2) is 0 Å². The molecule has 0 atom stereocenters. The summed E-state index contributed by atoms with van der Waals surface area (Å²) in [4.78, 5) is 14.0. The second-order valence-corrected chi connectivity index (χ2v) is 6.30. The lowest BCUT2D eigenvalue weighted by Gasteiger charge is -2.26. The number of carbonyl (C=O) groups excluding carboxylic acids is 1. The number of hydrogen-bond donors (Lipinski definition) is 1. The van der Waals surface area contributed by atoms with Crippen LogP contribution in [0.15, 0.2) is 30.5 Å². The lowest BCUT2D eigenvalue weighted by molar-refractivity contribution is 0.217. The maximum atomic E-state index is 12.2. The molecule has 22 heavy (non-hydrogen) atoms. The summed E-state index contributed by atoms with van der Waals surface area (Å²) in [6, 6.07) is 6.49. The molecule has 0 bridgehead atoms. The highest BCUT2D eigenvalue weighted by Gasteiger charge is 2.18. The van der Waals surface area contributed by atoms with Crippen LogP contribution in [0.4, 0.5) is 9.80 Å². The van der Waals surface area contributed by atoms with Gasteiger partial charge in [-0.25, -0.2) is 4.79 Å². The van der Waals surface area contributed by atoms with Gasteiger partial charge in [-0.3, -0.25) is 5.32 Å². The molecule has 1 aromatic carbocycles. The van der Waals surface area contributed by atoms with Gasteiger partial charge in [-0.05, 0) is 31.4 Å². The van der Waals surface area contributed by atoms with Crippen LogP contribution in [0.1, 0.15) is 23.1 Å². The van der Waals surface area contributed by atoms with E-state index >= 15 is 0 Å². The van der Waals surface area contributed by atoms with E-state index in [4.69, 9.17) is 0 Å². The third-order valence-electron chi connectivity index (χ3n) is 3.68. The number of urea groups is 1. The Kier molecular flexibility index (Phi) is 4.20. The molecule has 0 unspecified atom stereocenters. The molecule has 1 aromatic heterocycles. The number of aryl methyl sites for hydroxylation is 2. The fraction of sp³-hybridized carbons (Fsp3) is 0.312. The molecular formula is C16H18N4OS. The first kappa shape index (κ1) is 14.7. The van der Waals surface area contributed by atoms with Gasteiger partial charge in [-0.1, -0.05) is 39.9 Å². The molecule has 1 aliphatic rings. The molecule has 0 fully saturated rings. The summed E-state index contributed by atoms with van der Waals surface area (Å²) in [6.07, 6.45) is 4.57. The van der Waals surface area contributed by atoms with Crippen molar-refractivity contribution in [1.29, 1.82) is 0 Å². The molecule has 5 nitrogen and oxygen atoms in total. The van der Waals surface area contributed by atoms with E-state index in [-0.39, 0.29) is 6.03 Å². The zero-order chi connectivity index (χ0) is 15.5. The van der Waals surface area contributed by atoms with Crippen LogP contribution in [0.3, 0.4) is 0 Å². The average Bonchev–Trinajstić information content (AvgIpc) is 2.99. The second-order valence-electron chi connectivity index (χ2n) is 5.51. The average molecular weight is 314 g/mol. The summed E-state index contributed by atoms with van der Waals surface area (Å²) in [5, 5.41) is 7.20. The van der Waals surface area contributed by atoms with Crippen LogP contribution < -0.4 is 5.32 Å². The van der Waals surface area contributed by atoms with E-state index in [0.29, 0.717) is 11.5 Å². The molecule has 2 heterocycles. The summed E-state index contributed by atoms with van der Waals surface area (Å²) in [5.74, 6) is 0. The predicted octanol–water partition coefficient (Wildman–Crippen LogP) is 3.48. The highest BCUT2D eigenvalue weighted by molar-refractivity contribution is 7.10. The van der Waals surface area contributed by atoms with E-state index in [0.717, 1.165) is 13.0 Å². The highest BCUT2D eigenvalue weighted by atomic mass is 32.1. The maximum absolute atomic E-state index is 12.2. The Morgan fingerprint density at radius 2 is 2.05 bits per heavy atom. The zero-order valence-corrected chi connectivity index (χ0v) is 13.5. The Balaban J connectivity index is 1.67. The van der Waals surface area contributed by atoms with Crippen LogP contribution in [0.25, 0.3) is 5.57 Å². The first-order chi connectivity index (χ1) is 10.6. The van der Waals surface area contributed by atoms with Gasteiger partial charge in [0.2, 0.25) is 0 Å². The summed E-state index contributed by atoms with van der Waals surface area (Å²) < 4.78 is 3.74. The van der Waals surface area contributed by atoms with Gasteiger partial charge in [0.1, 0.15) is 5.00 Å². The fourth-order valence-electron chi connectivity index (χ4n) is 2.68. The molecule has 0 aliphatic carbocycles. The Bertz CT molecular complexity index is 689. The molecule has 1 aliphatic heterocycles. The number of anilines is 1. The first-order valence-corrected chi connectivity index (χ1v) is 8.00. The minimum atomic E-state index is -0.0956. The Labute approximate surface area is 133 Å². The number of nitrogens with one attached hydrogen (secondary N) is 1. The lowest BCUT2D eigenvalue weighted by Crippen LogP contribution is -2.37. The Morgan fingerprint density at radius 3 is 2.64 bits per heavy atom. The lowest BCUT2D eigenvalue weighted by atomic mass is 9.96. The molecule has 0 saturated heterocycles. The van der Waals surface area contributed by atoms with Gasteiger partial charge in [-0.2, -0.15) is 0 Å². The Morgan fingerprint density at radius 1 is 1.27 bits per heavy atom.